The maximum absolute atomic E-state index is 12.5. The summed E-state index contributed by atoms with van der Waals surface area (Å²) in [6.45, 7) is 2.00. The van der Waals surface area contributed by atoms with Gasteiger partial charge in [0.25, 0.3) is 5.91 Å². The molecular weight excluding hydrogens is 280 g/mol. The second-order valence-electron chi connectivity index (χ2n) is 5.92. The Labute approximate surface area is 130 Å². The first-order valence-electron chi connectivity index (χ1n) is 7.65. The van der Waals surface area contributed by atoms with Gasteiger partial charge in [-0.05, 0) is 39.1 Å². The molecule has 1 aliphatic rings. The van der Waals surface area contributed by atoms with Crippen molar-refractivity contribution >= 4 is 11.6 Å². The monoisotopic (exact) mass is 302 g/mol. The van der Waals surface area contributed by atoms with Gasteiger partial charge in [-0.1, -0.05) is 6.07 Å². The molecule has 3 rings (SSSR count). The standard InChI is InChI=1S/C16H22N4O2/c1-19(2)11-13-15(18-14-7-3-4-8-20(13)14)16(21)17-10-12-6-5-9-22-12/h3-4,7-8,12H,5-6,9-11H2,1-2H3,(H,17,21). The molecule has 0 bridgehead atoms. The second-order valence-corrected chi connectivity index (χ2v) is 5.92. The van der Waals surface area contributed by atoms with Gasteiger partial charge in [0.15, 0.2) is 5.69 Å². The predicted octanol–water partition coefficient (Wildman–Crippen LogP) is 1.30. The summed E-state index contributed by atoms with van der Waals surface area (Å²) < 4.78 is 7.52. The van der Waals surface area contributed by atoms with E-state index in [-0.39, 0.29) is 12.0 Å². The second kappa shape index (κ2) is 6.46. The van der Waals surface area contributed by atoms with Crippen LogP contribution in [0.3, 0.4) is 0 Å². The fraction of sp³-hybridized carbons (Fsp3) is 0.500. The van der Waals surface area contributed by atoms with Crippen LogP contribution in [0.5, 0.6) is 0 Å². The van der Waals surface area contributed by atoms with Crippen molar-refractivity contribution in [3.8, 4) is 0 Å². The quantitative estimate of drug-likeness (QED) is 0.904. The Morgan fingerprint density at radius 2 is 2.36 bits per heavy atom. The van der Waals surface area contributed by atoms with Crippen LogP contribution < -0.4 is 5.32 Å². The molecule has 0 spiro atoms. The Kier molecular flexibility index (Phi) is 4.40. The largest absolute Gasteiger partial charge is 0.376 e. The summed E-state index contributed by atoms with van der Waals surface area (Å²) >= 11 is 0. The van der Waals surface area contributed by atoms with Crippen LogP contribution in [0, 0.1) is 0 Å². The van der Waals surface area contributed by atoms with E-state index in [0.717, 1.165) is 30.8 Å². The number of hydrogen-bond acceptors (Lipinski definition) is 4. The number of aromatic nitrogens is 2. The molecule has 1 fully saturated rings. The Morgan fingerprint density at radius 1 is 1.50 bits per heavy atom. The molecule has 1 atom stereocenters. The zero-order valence-electron chi connectivity index (χ0n) is 13.1. The van der Waals surface area contributed by atoms with Crippen LogP contribution in [0.4, 0.5) is 0 Å². The molecule has 6 heteroatoms. The maximum Gasteiger partial charge on any atom is 0.271 e. The van der Waals surface area contributed by atoms with Gasteiger partial charge >= 0.3 is 0 Å². The number of carbonyl (C=O) groups is 1. The lowest BCUT2D eigenvalue weighted by Gasteiger charge is -2.13. The molecule has 1 aliphatic heterocycles. The number of rotatable bonds is 5. The third-order valence-electron chi connectivity index (χ3n) is 3.82. The van der Waals surface area contributed by atoms with Crippen molar-refractivity contribution in [2.24, 2.45) is 0 Å². The molecule has 0 aliphatic carbocycles. The van der Waals surface area contributed by atoms with Crippen LogP contribution in [0.1, 0.15) is 29.0 Å². The van der Waals surface area contributed by atoms with Gasteiger partial charge < -0.3 is 19.4 Å². The van der Waals surface area contributed by atoms with Gasteiger partial charge in [-0.2, -0.15) is 0 Å². The summed E-state index contributed by atoms with van der Waals surface area (Å²) in [5, 5.41) is 2.96. The highest BCUT2D eigenvalue weighted by atomic mass is 16.5. The molecule has 1 unspecified atom stereocenters. The van der Waals surface area contributed by atoms with Crippen LogP contribution in [0.15, 0.2) is 24.4 Å². The van der Waals surface area contributed by atoms with Crippen molar-refractivity contribution in [1.82, 2.24) is 19.6 Å². The van der Waals surface area contributed by atoms with E-state index in [9.17, 15) is 4.79 Å². The number of nitrogens with one attached hydrogen (secondary N) is 1. The van der Waals surface area contributed by atoms with Crippen LogP contribution in [0.25, 0.3) is 5.65 Å². The molecule has 2 aromatic rings. The average Bonchev–Trinajstić information content (AvgIpc) is 3.13. The summed E-state index contributed by atoms with van der Waals surface area (Å²) in [5.41, 5.74) is 2.20. The topological polar surface area (TPSA) is 58.9 Å². The van der Waals surface area contributed by atoms with Gasteiger partial charge in [0.05, 0.1) is 11.8 Å². The van der Waals surface area contributed by atoms with Crippen molar-refractivity contribution in [1.29, 1.82) is 0 Å². The molecule has 0 radical (unpaired) electrons. The Hall–Kier alpha value is -1.92. The first kappa shape index (κ1) is 15.0. The van der Waals surface area contributed by atoms with E-state index in [2.05, 4.69) is 10.3 Å². The summed E-state index contributed by atoms with van der Waals surface area (Å²) in [6.07, 6.45) is 4.16. The Morgan fingerprint density at radius 3 is 3.09 bits per heavy atom. The highest BCUT2D eigenvalue weighted by Crippen LogP contribution is 2.15. The summed E-state index contributed by atoms with van der Waals surface area (Å²) in [7, 11) is 3.97. The van der Waals surface area contributed by atoms with Crippen LogP contribution >= 0.6 is 0 Å². The number of amides is 1. The first-order valence-corrected chi connectivity index (χ1v) is 7.65. The molecular formula is C16H22N4O2. The van der Waals surface area contributed by atoms with E-state index in [0.29, 0.717) is 18.8 Å². The number of imidazole rings is 1. The lowest BCUT2D eigenvalue weighted by molar-refractivity contribution is 0.0852. The van der Waals surface area contributed by atoms with Crippen molar-refractivity contribution in [2.45, 2.75) is 25.5 Å². The lowest BCUT2D eigenvalue weighted by Crippen LogP contribution is -2.33. The smallest absolute Gasteiger partial charge is 0.271 e. The van der Waals surface area contributed by atoms with E-state index in [1.165, 1.54) is 0 Å². The van der Waals surface area contributed by atoms with Crippen molar-refractivity contribution in [2.75, 3.05) is 27.2 Å². The third-order valence-corrected chi connectivity index (χ3v) is 3.82. The maximum atomic E-state index is 12.5. The van der Waals surface area contributed by atoms with Gasteiger partial charge in [0, 0.05) is 25.9 Å². The summed E-state index contributed by atoms with van der Waals surface area (Å²) in [6, 6.07) is 5.79. The minimum absolute atomic E-state index is 0.129. The fourth-order valence-electron chi connectivity index (χ4n) is 2.77. The molecule has 1 amide bonds. The predicted molar refractivity (Wildman–Crippen MR) is 83.9 cm³/mol. The highest BCUT2D eigenvalue weighted by Gasteiger charge is 2.21. The van der Waals surface area contributed by atoms with Crippen LogP contribution in [-0.4, -0.2) is 53.5 Å². The SMILES string of the molecule is CN(C)Cc1c(C(=O)NCC2CCCO2)nc2ccccn12. The zero-order valence-corrected chi connectivity index (χ0v) is 13.1. The number of carbonyl (C=O) groups excluding carboxylic acids is 1. The Bertz CT molecular complexity index is 659. The minimum Gasteiger partial charge on any atom is -0.376 e. The number of nitrogens with zero attached hydrogens (tertiary/aromatic N) is 3. The molecule has 1 N–H and O–H groups in total. The lowest BCUT2D eigenvalue weighted by atomic mass is 10.2. The van der Waals surface area contributed by atoms with Gasteiger partial charge in [-0.3, -0.25) is 4.79 Å². The average molecular weight is 302 g/mol. The van der Waals surface area contributed by atoms with Crippen LogP contribution in [-0.2, 0) is 11.3 Å². The molecule has 118 valence electrons. The van der Waals surface area contributed by atoms with Crippen molar-refractivity contribution < 1.29 is 9.53 Å². The molecule has 1 saturated heterocycles. The van der Waals surface area contributed by atoms with E-state index in [4.69, 9.17) is 4.74 Å². The van der Waals surface area contributed by atoms with Gasteiger partial charge in [0.2, 0.25) is 0 Å². The Balaban J connectivity index is 1.82. The molecule has 0 saturated carbocycles. The van der Waals surface area contributed by atoms with E-state index in [1.54, 1.807) is 0 Å². The molecule has 0 aromatic carbocycles. The van der Waals surface area contributed by atoms with Gasteiger partial charge in [-0.25, -0.2) is 4.98 Å². The summed E-state index contributed by atoms with van der Waals surface area (Å²) in [5.74, 6) is -0.129. The minimum atomic E-state index is -0.129. The number of hydrogen-bond donors (Lipinski definition) is 1. The van der Waals surface area contributed by atoms with Gasteiger partial charge in [0.1, 0.15) is 5.65 Å². The highest BCUT2D eigenvalue weighted by molar-refractivity contribution is 5.94. The number of fused-ring (bicyclic) bond motifs is 1. The molecule has 3 heterocycles. The molecule has 22 heavy (non-hydrogen) atoms. The number of ether oxygens (including phenoxy) is 1. The van der Waals surface area contributed by atoms with E-state index < -0.39 is 0 Å². The van der Waals surface area contributed by atoms with Crippen molar-refractivity contribution in [3.63, 3.8) is 0 Å². The third kappa shape index (κ3) is 3.13. The van der Waals surface area contributed by atoms with E-state index in [1.807, 2.05) is 47.8 Å². The van der Waals surface area contributed by atoms with Crippen LogP contribution in [0.2, 0.25) is 0 Å². The van der Waals surface area contributed by atoms with Crippen molar-refractivity contribution in [3.05, 3.63) is 35.8 Å². The molecule has 6 nitrogen and oxygen atoms in total. The first-order chi connectivity index (χ1) is 10.6. The normalized spacial score (nSPS) is 18.2. The number of pyridine rings is 1. The zero-order chi connectivity index (χ0) is 15.5. The molecule has 2 aromatic heterocycles. The van der Waals surface area contributed by atoms with Gasteiger partial charge in [-0.15, -0.1) is 0 Å². The van der Waals surface area contributed by atoms with E-state index >= 15 is 0 Å². The fourth-order valence-corrected chi connectivity index (χ4v) is 2.77. The summed E-state index contributed by atoms with van der Waals surface area (Å²) in [4.78, 5) is 19.0.